The normalized spacial score (nSPS) is 22.0. The van der Waals surface area contributed by atoms with Gasteiger partial charge < -0.3 is 5.32 Å². The minimum absolute atomic E-state index is 0.721. The van der Waals surface area contributed by atoms with E-state index in [0.29, 0.717) is 0 Å². The SMILES string of the molecule is c1cc(SC[C@@H]2CCCN2)ccn1. The van der Waals surface area contributed by atoms with Gasteiger partial charge in [-0.1, -0.05) is 0 Å². The van der Waals surface area contributed by atoms with Crippen molar-refractivity contribution in [3.8, 4) is 0 Å². The standard InChI is InChI=1S/C10H14N2S/c1-2-9(12-5-1)8-13-10-3-6-11-7-4-10/h3-4,6-7,9,12H,1-2,5,8H2/t9-/m0/s1. The van der Waals surface area contributed by atoms with E-state index in [1.54, 1.807) is 0 Å². The second kappa shape index (κ2) is 4.63. The van der Waals surface area contributed by atoms with Gasteiger partial charge in [0.1, 0.15) is 0 Å². The number of thioether (sulfide) groups is 1. The maximum absolute atomic E-state index is 4.00. The molecular weight excluding hydrogens is 180 g/mol. The largest absolute Gasteiger partial charge is 0.313 e. The van der Waals surface area contributed by atoms with Crippen LogP contribution in [-0.2, 0) is 0 Å². The van der Waals surface area contributed by atoms with Crippen LogP contribution >= 0.6 is 11.8 Å². The van der Waals surface area contributed by atoms with Crippen molar-refractivity contribution in [3.63, 3.8) is 0 Å². The van der Waals surface area contributed by atoms with E-state index in [1.807, 2.05) is 24.2 Å². The maximum Gasteiger partial charge on any atom is 0.0278 e. The van der Waals surface area contributed by atoms with Crippen molar-refractivity contribution < 1.29 is 0 Å². The number of aromatic nitrogens is 1. The molecule has 1 N–H and O–H groups in total. The average Bonchev–Trinajstić information content (AvgIpc) is 2.69. The molecule has 0 amide bonds. The van der Waals surface area contributed by atoms with Gasteiger partial charge in [-0.3, -0.25) is 4.98 Å². The minimum atomic E-state index is 0.721. The lowest BCUT2D eigenvalue weighted by atomic mass is 10.3. The summed E-state index contributed by atoms with van der Waals surface area (Å²) < 4.78 is 0. The Morgan fingerprint density at radius 1 is 1.46 bits per heavy atom. The van der Waals surface area contributed by atoms with Crippen LogP contribution < -0.4 is 5.32 Å². The smallest absolute Gasteiger partial charge is 0.0278 e. The highest BCUT2D eigenvalue weighted by Gasteiger charge is 2.13. The molecule has 1 atom stereocenters. The van der Waals surface area contributed by atoms with E-state index < -0.39 is 0 Å². The highest BCUT2D eigenvalue weighted by atomic mass is 32.2. The van der Waals surface area contributed by atoms with Gasteiger partial charge in [-0.2, -0.15) is 0 Å². The maximum atomic E-state index is 4.00. The summed E-state index contributed by atoms with van der Waals surface area (Å²) in [6.07, 6.45) is 6.37. The third-order valence-corrected chi connectivity index (χ3v) is 3.44. The predicted molar refractivity (Wildman–Crippen MR) is 56.0 cm³/mol. The van der Waals surface area contributed by atoms with Crippen molar-refractivity contribution >= 4 is 11.8 Å². The molecule has 0 unspecified atom stereocenters. The number of pyridine rings is 1. The van der Waals surface area contributed by atoms with Crippen LogP contribution in [0.5, 0.6) is 0 Å². The zero-order chi connectivity index (χ0) is 8.93. The van der Waals surface area contributed by atoms with Crippen LogP contribution in [0.3, 0.4) is 0 Å². The number of nitrogens with one attached hydrogen (secondary N) is 1. The van der Waals surface area contributed by atoms with E-state index in [0.717, 1.165) is 6.04 Å². The molecule has 1 aliphatic rings. The molecule has 1 saturated heterocycles. The van der Waals surface area contributed by atoms with E-state index in [-0.39, 0.29) is 0 Å². The lowest BCUT2D eigenvalue weighted by Crippen LogP contribution is -2.23. The Morgan fingerprint density at radius 2 is 2.31 bits per heavy atom. The first-order chi connectivity index (χ1) is 6.45. The van der Waals surface area contributed by atoms with Crippen molar-refractivity contribution in [2.24, 2.45) is 0 Å². The third kappa shape index (κ3) is 2.71. The summed E-state index contributed by atoms with van der Waals surface area (Å²) in [4.78, 5) is 5.32. The fourth-order valence-electron chi connectivity index (χ4n) is 1.53. The van der Waals surface area contributed by atoms with E-state index in [4.69, 9.17) is 0 Å². The van der Waals surface area contributed by atoms with Gasteiger partial charge in [0.2, 0.25) is 0 Å². The highest BCUT2D eigenvalue weighted by Crippen LogP contribution is 2.20. The molecule has 1 fully saturated rings. The van der Waals surface area contributed by atoms with Crippen LogP contribution in [0, 0.1) is 0 Å². The molecule has 2 heterocycles. The monoisotopic (exact) mass is 194 g/mol. The molecular formula is C10H14N2S. The van der Waals surface area contributed by atoms with E-state index in [2.05, 4.69) is 22.4 Å². The first-order valence-corrected chi connectivity index (χ1v) is 5.70. The molecule has 3 heteroatoms. The Labute approximate surface area is 83.1 Å². The summed E-state index contributed by atoms with van der Waals surface area (Å²) >= 11 is 1.92. The van der Waals surface area contributed by atoms with Crippen LogP contribution in [-0.4, -0.2) is 23.3 Å². The van der Waals surface area contributed by atoms with Gasteiger partial charge in [-0.25, -0.2) is 0 Å². The summed E-state index contributed by atoms with van der Waals surface area (Å²) in [6.45, 7) is 1.20. The van der Waals surface area contributed by atoms with Crippen LogP contribution in [0.15, 0.2) is 29.4 Å². The zero-order valence-corrected chi connectivity index (χ0v) is 8.39. The molecule has 2 rings (SSSR count). The summed E-state index contributed by atoms with van der Waals surface area (Å²) in [5, 5.41) is 3.49. The van der Waals surface area contributed by atoms with Gasteiger partial charge in [-0.05, 0) is 31.5 Å². The Bertz CT molecular complexity index is 244. The lowest BCUT2D eigenvalue weighted by molar-refractivity contribution is 0.674. The summed E-state index contributed by atoms with van der Waals surface area (Å²) in [7, 11) is 0. The van der Waals surface area contributed by atoms with Gasteiger partial charge in [0, 0.05) is 29.1 Å². The molecule has 1 aliphatic heterocycles. The second-order valence-electron chi connectivity index (χ2n) is 3.29. The Hall–Kier alpha value is -0.540. The summed E-state index contributed by atoms with van der Waals surface area (Å²) in [6, 6.07) is 4.86. The molecule has 0 saturated carbocycles. The van der Waals surface area contributed by atoms with Crippen LogP contribution in [0.25, 0.3) is 0 Å². The van der Waals surface area contributed by atoms with E-state index in [9.17, 15) is 0 Å². The molecule has 1 aromatic heterocycles. The number of hydrogen-bond donors (Lipinski definition) is 1. The van der Waals surface area contributed by atoms with Crippen LogP contribution in [0.1, 0.15) is 12.8 Å². The third-order valence-electron chi connectivity index (χ3n) is 2.26. The first-order valence-electron chi connectivity index (χ1n) is 4.71. The second-order valence-corrected chi connectivity index (χ2v) is 4.38. The highest BCUT2D eigenvalue weighted by molar-refractivity contribution is 7.99. The summed E-state index contributed by atoms with van der Waals surface area (Å²) in [5.74, 6) is 1.18. The van der Waals surface area contributed by atoms with E-state index in [1.165, 1.54) is 30.0 Å². The van der Waals surface area contributed by atoms with Gasteiger partial charge in [0.25, 0.3) is 0 Å². The van der Waals surface area contributed by atoms with Crippen molar-refractivity contribution in [2.45, 2.75) is 23.8 Å². The van der Waals surface area contributed by atoms with Crippen molar-refractivity contribution in [1.29, 1.82) is 0 Å². The predicted octanol–water partition coefficient (Wildman–Crippen LogP) is 1.93. The molecule has 13 heavy (non-hydrogen) atoms. The molecule has 0 bridgehead atoms. The number of hydrogen-bond acceptors (Lipinski definition) is 3. The van der Waals surface area contributed by atoms with E-state index >= 15 is 0 Å². The molecule has 0 radical (unpaired) electrons. The fourth-order valence-corrected chi connectivity index (χ4v) is 2.52. The van der Waals surface area contributed by atoms with Crippen molar-refractivity contribution in [2.75, 3.05) is 12.3 Å². The molecule has 0 spiro atoms. The van der Waals surface area contributed by atoms with Crippen molar-refractivity contribution in [1.82, 2.24) is 10.3 Å². The van der Waals surface area contributed by atoms with Gasteiger partial charge >= 0.3 is 0 Å². The molecule has 2 nitrogen and oxygen atoms in total. The molecule has 0 aliphatic carbocycles. The molecule has 70 valence electrons. The topological polar surface area (TPSA) is 24.9 Å². The molecule has 1 aromatic rings. The summed E-state index contributed by atoms with van der Waals surface area (Å²) in [5.41, 5.74) is 0. The fraction of sp³-hybridized carbons (Fsp3) is 0.500. The number of nitrogens with zero attached hydrogens (tertiary/aromatic N) is 1. The lowest BCUT2D eigenvalue weighted by Gasteiger charge is -2.08. The van der Waals surface area contributed by atoms with Crippen LogP contribution in [0.2, 0.25) is 0 Å². The Kier molecular flexibility index (Phi) is 3.22. The van der Waals surface area contributed by atoms with Crippen molar-refractivity contribution in [3.05, 3.63) is 24.5 Å². The van der Waals surface area contributed by atoms with Gasteiger partial charge in [-0.15, -0.1) is 11.8 Å². The minimum Gasteiger partial charge on any atom is -0.313 e. The average molecular weight is 194 g/mol. The van der Waals surface area contributed by atoms with Crippen LogP contribution in [0.4, 0.5) is 0 Å². The first kappa shape index (κ1) is 9.03. The quantitative estimate of drug-likeness (QED) is 0.744. The number of rotatable bonds is 3. The molecule has 0 aromatic carbocycles. The zero-order valence-electron chi connectivity index (χ0n) is 7.57. The van der Waals surface area contributed by atoms with Gasteiger partial charge in [0.15, 0.2) is 0 Å². The Morgan fingerprint density at radius 3 is 3.00 bits per heavy atom. The van der Waals surface area contributed by atoms with Gasteiger partial charge in [0.05, 0.1) is 0 Å². The Balaban J connectivity index is 1.79.